The van der Waals surface area contributed by atoms with Crippen molar-refractivity contribution in [1.82, 2.24) is 23.6 Å². The number of halogens is 1. The van der Waals surface area contributed by atoms with Crippen LogP contribution < -0.4 is 0 Å². The zero-order valence-electron chi connectivity index (χ0n) is 18.1. The van der Waals surface area contributed by atoms with Crippen molar-refractivity contribution in [3.05, 3.63) is 83.6 Å². The first-order chi connectivity index (χ1) is 16.4. The van der Waals surface area contributed by atoms with Crippen LogP contribution in [0.2, 0.25) is 0 Å². The number of sulfonamides is 1. The Hall–Kier alpha value is -3.12. The predicted octanol–water partition coefficient (Wildman–Crippen LogP) is 3.77. The third-order valence-electron chi connectivity index (χ3n) is 5.69. The molecule has 1 fully saturated rings. The largest absolute Gasteiger partial charge is 0.461 e. The maximum Gasteiger partial charge on any atom is 0.243 e. The third kappa shape index (κ3) is 4.34. The van der Waals surface area contributed by atoms with E-state index in [0.717, 1.165) is 11.8 Å². The first-order valence-corrected chi connectivity index (χ1v) is 12.6. The quantitative estimate of drug-likeness (QED) is 0.376. The summed E-state index contributed by atoms with van der Waals surface area (Å²) >= 11 is 5.75. The van der Waals surface area contributed by atoms with E-state index in [-0.39, 0.29) is 18.0 Å². The topological polar surface area (TPSA) is 76.5 Å². The van der Waals surface area contributed by atoms with Gasteiger partial charge in [0, 0.05) is 26.2 Å². The molecule has 34 heavy (non-hydrogen) atoms. The highest BCUT2D eigenvalue weighted by atomic mass is 32.2. The molecule has 0 atom stereocenters. The van der Waals surface area contributed by atoms with Crippen LogP contribution in [-0.2, 0) is 16.7 Å². The number of aromatic nitrogens is 3. The number of hydrogen-bond acceptors (Lipinski definition) is 6. The van der Waals surface area contributed by atoms with Crippen molar-refractivity contribution in [2.75, 3.05) is 26.2 Å². The third-order valence-corrected chi connectivity index (χ3v) is 7.98. The Morgan fingerprint density at radius 3 is 2.41 bits per heavy atom. The second-order valence-electron chi connectivity index (χ2n) is 7.87. The molecule has 0 unspecified atom stereocenters. The molecule has 0 amide bonds. The first-order valence-electron chi connectivity index (χ1n) is 10.7. The Bertz CT molecular complexity index is 1440. The van der Waals surface area contributed by atoms with Gasteiger partial charge in [-0.1, -0.05) is 24.3 Å². The van der Waals surface area contributed by atoms with Gasteiger partial charge in [0.15, 0.2) is 5.76 Å². The summed E-state index contributed by atoms with van der Waals surface area (Å²) in [5.74, 6) is 0.615. The molecule has 4 aromatic rings. The van der Waals surface area contributed by atoms with E-state index in [0.29, 0.717) is 36.1 Å². The smallest absolute Gasteiger partial charge is 0.243 e. The summed E-state index contributed by atoms with van der Waals surface area (Å²) in [5, 5.41) is 4.71. The maximum absolute atomic E-state index is 13.5. The van der Waals surface area contributed by atoms with E-state index in [1.54, 1.807) is 17.0 Å². The number of furan rings is 1. The van der Waals surface area contributed by atoms with Crippen LogP contribution in [0.5, 0.6) is 0 Å². The SMILES string of the molecule is O=S(=O)(c1cccc(F)c1)N1CCN(Cn2nc(-c3ccco3)n(-c3ccccc3)c2=S)CC1. The van der Waals surface area contributed by atoms with Crippen molar-refractivity contribution >= 4 is 22.2 Å². The molecular weight excluding hydrogens is 477 g/mol. The van der Waals surface area contributed by atoms with Crippen molar-refractivity contribution in [2.24, 2.45) is 0 Å². The van der Waals surface area contributed by atoms with Gasteiger partial charge in [-0.15, -0.1) is 5.10 Å². The molecule has 176 valence electrons. The number of piperazine rings is 1. The molecule has 1 saturated heterocycles. The van der Waals surface area contributed by atoms with E-state index in [4.69, 9.17) is 21.7 Å². The lowest BCUT2D eigenvalue weighted by Gasteiger charge is -2.33. The lowest BCUT2D eigenvalue weighted by molar-refractivity contribution is 0.144. The van der Waals surface area contributed by atoms with Gasteiger partial charge in [-0.3, -0.25) is 9.47 Å². The average molecular weight is 500 g/mol. The fourth-order valence-corrected chi connectivity index (χ4v) is 5.70. The van der Waals surface area contributed by atoms with E-state index in [2.05, 4.69) is 4.90 Å². The van der Waals surface area contributed by atoms with E-state index in [1.807, 2.05) is 41.0 Å². The monoisotopic (exact) mass is 499 g/mol. The molecule has 1 aliphatic heterocycles. The van der Waals surface area contributed by atoms with Crippen LogP contribution in [0.1, 0.15) is 0 Å². The molecule has 0 aliphatic carbocycles. The molecule has 0 N–H and O–H groups in total. The second kappa shape index (κ2) is 9.26. The molecule has 3 heterocycles. The highest BCUT2D eigenvalue weighted by Crippen LogP contribution is 2.24. The minimum absolute atomic E-state index is 0.0344. The zero-order chi connectivity index (χ0) is 23.7. The lowest BCUT2D eigenvalue weighted by Crippen LogP contribution is -2.48. The molecule has 2 aromatic heterocycles. The molecule has 11 heteroatoms. The summed E-state index contributed by atoms with van der Waals surface area (Å²) in [5.41, 5.74) is 0.871. The Kier molecular flexibility index (Phi) is 6.17. The molecule has 8 nitrogen and oxygen atoms in total. The standard InChI is InChI=1S/C23H22FN5O3S2/c24-18-6-4-9-20(16-18)34(30,31)27-13-11-26(12-14-27)17-28-23(33)29(19-7-2-1-3-8-19)22(25-28)21-10-5-15-32-21/h1-10,15-16H,11-14,17H2. The van der Waals surface area contributed by atoms with Crippen molar-refractivity contribution in [1.29, 1.82) is 0 Å². The van der Waals surface area contributed by atoms with Gasteiger partial charge in [0.1, 0.15) is 5.82 Å². The Morgan fingerprint density at radius 1 is 0.971 bits per heavy atom. The molecule has 0 saturated carbocycles. The minimum atomic E-state index is -3.75. The van der Waals surface area contributed by atoms with Crippen LogP contribution in [-0.4, -0.2) is 58.1 Å². The van der Waals surface area contributed by atoms with Gasteiger partial charge in [0.2, 0.25) is 20.6 Å². The van der Waals surface area contributed by atoms with Gasteiger partial charge in [-0.2, -0.15) is 4.31 Å². The van der Waals surface area contributed by atoms with Crippen molar-refractivity contribution < 1.29 is 17.2 Å². The van der Waals surface area contributed by atoms with E-state index >= 15 is 0 Å². The van der Waals surface area contributed by atoms with Gasteiger partial charge in [-0.25, -0.2) is 17.5 Å². The van der Waals surface area contributed by atoms with Gasteiger partial charge in [0.05, 0.1) is 23.5 Å². The molecule has 2 aromatic carbocycles. The molecule has 5 rings (SSSR count). The summed E-state index contributed by atoms with van der Waals surface area (Å²) in [6.07, 6.45) is 1.59. The number of nitrogens with zero attached hydrogens (tertiary/aromatic N) is 5. The molecule has 1 aliphatic rings. The van der Waals surface area contributed by atoms with Crippen molar-refractivity contribution in [3.8, 4) is 17.3 Å². The van der Waals surface area contributed by atoms with Crippen molar-refractivity contribution in [3.63, 3.8) is 0 Å². The van der Waals surface area contributed by atoms with Crippen LogP contribution in [0, 0.1) is 10.6 Å². The van der Waals surface area contributed by atoms with Crippen LogP contribution in [0.15, 0.2) is 82.3 Å². The molecule has 0 spiro atoms. The van der Waals surface area contributed by atoms with Gasteiger partial charge < -0.3 is 4.42 Å². The van der Waals surface area contributed by atoms with Crippen molar-refractivity contribution in [2.45, 2.75) is 11.6 Å². The normalized spacial score (nSPS) is 15.6. The van der Waals surface area contributed by atoms with Gasteiger partial charge in [0.25, 0.3) is 0 Å². The van der Waals surface area contributed by atoms with Crippen LogP contribution in [0.4, 0.5) is 4.39 Å². The zero-order valence-corrected chi connectivity index (χ0v) is 19.8. The maximum atomic E-state index is 13.5. The number of benzene rings is 2. The van der Waals surface area contributed by atoms with E-state index in [9.17, 15) is 12.8 Å². The Balaban J connectivity index is 1.36. The fourth-order valence-electron chi connectivity index (χ4n) is 3.95. The predicted molar refractivity (Wildman–Crippen MR) is 127 cm³/mol. The van der Waals surface area contributed by atoms with Crippen LogP contribution >= 0.6 is 12.2 Å². The highest BCUT2D eigenvalue weighted by molar-refractivity contribution is 7.89. The summed E-state index contributed by atoms with van der Waals surface area (Å²) in [6, 6.07) is 18.4. The Labute approximate surface area is 201 Å². The minimum Gasteiger partial charge on any atom is -0.461 e. The molecule has 0 bridgehead atoms. The van der Waals surface area contributed by atoms with Crippen LogP contribution in [0.25, 0.3) is 17.3 Å². The summed E-state index contributed by atoms with van der Waals surface area (Å²) < 4.78 is 50.4. The molecule has 0 radical (unpaired) electrons. The van der Waals surface area contributed by atoms with E-state index < -0.39 is 15.8 Å². The lowest BCUT2D eigenvalue weighted by atomic mass is 10.3. The number of hydrogen-bond donors (Lipinski definition) is 0. The van der Waals surface area contributed by atoms with Gasteiger partial charge >= 0.3 is 0 Å². The Morgan fingerprint density at radius 2 is 1.74 bits per heavy atom. The highest BCUT2D eigenvalue weighted by Gasteiger charge is 2.29. The van der Waals surface area contributed by atoms with Crippen LogP contribution in [0.3, 0.4) is 0 Å². The fraction of sp³-hybridized carbons (Fsp3) is 0.217. The summed E-state index contributed by atoms with van der Waals surface area (Å²) in [4.78, 5) is 2.05. The molecular formula is C23H22FN5O3S2. The summed E-state index contributed by atoms with van der Waals surface area (Å²) in [6.45, 7) is 1.96. The van der Waals surface area contributed by atoms with E-state index in [1.165, 1.54) is 22.5 Å². The number of para-hydroxylation sites is 1. The average Bonchev–Trinajstić information content (AvgIpc) is 3.49. The summed E-state index contributed by atoms with van der Waals surface area (Å²) in [7, 11) is -3.75. The number of rotatable bonds is 6. The van der Waals surface area contributed by atoms with Gasteiger partial charge in [-0.05, 0) is 54.7 Å². The first kappa shape index (κ1) is 22.7. The second-order valence-corrected chi connectivity index (χ2v) is 10.2.